The number of nitro groups is 1. The van der Waals surface area contributed by atoms with Crippen LogP contribution in [0.1, 0.15) is 15.9 Å². The Kier molecular flexibility index (Phi) is 7.38. The Bertz CT molecular complexity index is 1740. The zero-order valence-electron chi connectivity index (χ0n) is 19.9. The lowest BCUT2D eigenvalue weighted by Crippen LogP contribution is -2.15. The summed E-state index contributed by atoms with van der Waals surface area (Å²) in [5.74, 6) is -1.89. The first-order chi connectivity index (χ1) is 18.4. The van der Waals surface area contributed by atoms with Crippen molar-refractivity contribution < 1.29 is 27.3 Å². The molecule has 4 aromatic rings. The molecule has 0 aliphatic rings. The molecule has 11 nitrogen and oxygen atoms in total. The van der Waals surface area contributed by atoms with Crippen LogP contribution < -0.4 is 20.9 Å². The highest BCUT2D eigenvalue weighted by Crippen LogP contribution is 2.32. The number of nitrogens with zero attached hydrogens (tertiary/aromatic N) is 1. The molecule has 13 heteroatoms. The smallest absolute Gasteiger partial charge is 0.270 e. The molecule has 0 radical (unpaired) electrons. The van der Waals surface area contributed by atoms with Gasteiger partial charge in [-0.1, -0.05) is 36.4 Å². The number of benzene rings is 4. The zero-order valence-corrected chi connectivity index (χ0v) is 20.7. The number of hydrogen-bond acceptors (Lipinski definition) is 7. The third kappa shape index (κ3) is 6.06. The van der Waals surface area contributed by atoms with E-state index < -0.39 is 32.4 Å². The van der Waals surface area contributed by atoms with E-state index in [0.29, 0.717) is 5.56 Å². The molecule has 39 heavy (non-hydrogen) atoms. The number of anilines is 1. The summed E-state index contributed by atoms with van der Waals surface area (Å²) in [5, 5.41) is 26.5. The van der Waals surface area contributed by atoms with Gasteiger partial charge in [0.2, 0.25) is 10.0 Å². The van der Waals surface area contributed by atoms with Gasteiger partial charge >= 0.3 is 0 Å². The van der Waals surface area contributed by atoms with Gasteiger partial charge in [0.1, 0.15) is 23.2 Å². The molecule has 4 aromatic carbocycles. The minimum absolute atomic E-state index is 0.0714. The molecule has 0 aliphatic carbocycles. The van der Waals surface area contributed by atoms with Crippen molar-refractivity contribution in [3.63, 3.8) is 0 Å². The number of nitrogens with one attached hydrogen (secondary N) is 2. The van der Waals surface area contributed by atoms with E-state index in [1.807, 2.05) is 0 Å². The summed E-state index contributed by atoms with van der Waals surface area (Å²) >= 11 is 0. The second-order valence-electron chi connectivity index (χ2n) is 8.17. The lowest BCUT2D eigenvalue weighted by Gasteiger charge is -2.13. The van der Waals surface area contributed by atoms with Gasteiger partial charge in [-0.15, -0.1) is 0 Å². The van der Waals surface area contributed by atoms with Crippen molar-refractivity contribution in [1.29, 1.82) is 5.41 Å². The van der Waals surface area contributed by atoms with E-state index in [-0.39, 0.29) is 44.6 Å². The van der Waals surface area contributed by atoms with Gasteiger partial charge in [0.25, 0.3) is 11.6 Å². The number of non-ortho nitro benzene ring substituents is 1. The van der Waals surface area contributed by atoms with E-state index in [1.165, 1.54) is 48.5 Å². The average molecular weight is 550 g/mol. The topological polar surface area (TPSA) is 192 Å². The molecular formula is C26H20FN5O6S. The minimum Gasteiger partial charge on any atom is -0.457 e. The number of amidine groups is 1. The highest BCUT2D eigenvalue weighted by molar-refractivity contribution is 7.89. The van der Waals surface area contributed by atoms with Gasteiger partial charge in [0.15, 0.2) is 0 Å². The predicted octanol–water partition coefficient (Wildman–Crippen LogP) is 4.38. The van der Waals surface area contributed by atoms with Crippen molar-refractivity contribution in [2.45, 2.75) is 4.90 Å². The molecule has 0 aromatic heterocycles. The summed E-state index contributed by atoms with van der Waals surface area (Å²) in [6.07, 6.45) is 0. The van der Waals surface area contributed by atoms with Crippen molar-refractivity contribution in [3.8, 4) is 22.6 Å². The normalized spacial score (nSPS) is 11.0. The molecule has 0 saturated heterocycles. The summed E-state index contributed by atoms with van der Waals surface area (Å²) in [5.41, 5.74) is 5.28. The molecule has 198 valence electrons. The molecule has 4 rings (SSSR count). The molecule has 0 spiro atoms. The molecule has 0 fully saturated rings. The molecule has 0 atom stereocenters. The average Bonchev–Trinajstić information content (AvgIpc) is 2.89. The van der Waals surface area contributed by atoms with Crippen molar-refractivity contribution >= 4 is 33.1 Å². The first kappa shape index (κ1) is 26.9. The monoisotopic (exact) mass is 549 g/mol. The van der Waals surface area contributed by atoms with Crippen molar-refractivity contribution in [1.82, 2.24) is 0 Å². The number of carbonyl (C=O) groups excluding carboxylic acids is 1. The molecule has 0 aliphatic heterocycles. The van der Waals surface area contributed by atoms with Gasteiger partial charge in [0, 0.05) is 23.3 Å². The number of primary sulfonamides is 1. The SMILES string of the molecule is N=C(N)c1cccc(Oc2ccc([N+](=O)[O-])cc2C(=O)Nc2ccc(-c3ccccc3S(N)(=O)=O)cc2F)c1. The number of hydrogen-bond donors (Lipinski definition) is 4. The molecule has 6 N–H and O–H groups in total. The lowest BCUT2D eigenvalue weighted by atomic mass is 10.0. The number of sulfonamides is 1. The van der Waals surface area contributed by atoms with Crippen LogP contribution in [0.4, 0.5) is 15.8 Å². The van der Waals surface area contributed by atoms with Crippen LogP contribution in [0.25, 0.3) is 11.1 Å². The Labute approximate surface area is 221 Å². The van der Waals surface area contributed by atoms with Crippen LogP contribution >= 0.6 is 0 Å². The first-order valence-electron chi connectivity index (χ1n) is 11.1. The van der Waals surface area contributed by atoms with Crippen LogP contribution in [-0.2, 0) is 10.0 Å². The van der Waals surface area contributed by atoms with Gasteiger partial charge < -0.3 is 15.8 Å². The van der Waals surface area contributed by atoms with Crippen LogP contribution in [0.2, 0.25) is 0 Å². The van der Waals surface area contributed by atoms with Crippen molar-refractivity contribution in [2.75, 3.05) is 5.32 Å². The van der Waals surface area contributed by atoms with E-state index in [2.05, 4.69) is 5.32 Å². The van der Waals surface area contributed by atoms with Crippen LogP contribution in [-0.4, -0.2) is 25.1 Å². The fourth-order valence-corrected chi connectivity index (χ4v) is 4.44. The maximum Gasteiger partial charge on any atom is 0.270 e. The van der Waals surface area contributed by atoms with Crippen molar-refractivity contribution in [3.05, 3.63) is 112 Å². The quantitative estimate of drug-likeness (QED) is 0.108. The number of carbonyl (C=O) groups is 1. The summed E-state index contributed by atoms with van der Waals surface area (Å²) in [7, 11) is -4.09. The van der Waals surface area contributed by atoms with Crippen LogP contribution in [0.5, 0.6) is 11.5 Å². The maximum atomic E-state index is 15.0. The number of nitro benzene ring substituents is 1. The first-order valence-corrected chi connectivity index (χ1v) is 12.6. The maximum absolute atomic E-state index is 15.0. The summed E-state index contributed by atoms with van der Waals surface area (Å²) in [6, 6.07) is 18.9. The molecule has 0 unspecified atom stereocenters. The van der Waals surface area contributed by atoms with Gasteiger partial charge in [-0.2, -0.15) is 0 Å². The Balaban J connectivity index is 1.67. The number of halogens is 1. The number of rotatable bonds is 8. The Morgan fingerprint density at radius 2 is 1.74 bits per heavy atom. The standard InChI is InChI=1S/C26H20FN5O6S/c27-21-13-15(19-6-1-2-7-24(19)39(30,36)37)8-10-22(21)31-26(33)20-14-17(32(34)35)9-11-23(20)38-18-5-3-4-16(12-18)25(28)29/h1-14H,(H3,28,29)(H,31,33)(H2,30,36,37). The molecule has 0 heterocycles. The van der Waals surface area contributed by atoms with Crippen LogP contribution in [0, 0.1) is 21.3 Å². The summed E-state index contributed by atoms with van der Waals surface area (Å²) in [6.45, 7) is 0. The van der Waals surface area contributed by atoms with Crippen LogP contribution in [0.15, 0.2) is 89.8 Å². The number of ether oxygens (including phenoxy) is 1. The van der Waals surface area contributed by atoms with Gasteiger partial charge in [-0.05, 0) is 42.0 Å². The van der Waals surface area contributed by atoms with Gasteiger partial charge in [0.05, 0.1) is 21.1 Å². The molecular weight excluding hydrogens is 529 g/mol. The largest absolute Gasteiger partial charge is 0.457 e. The highest BCUT2D eigenvalue weighted by atomic mass is 32.2. The fraction of sp³-hybridized carbons (Fsp3) is 0. The second kappa shape index (κ2) is 10.7. The summed E-state index contributed by atoms with van der Waals surface area (Å²) in [4.78, 5) is 23.6. The third-order valence-corrected chi connectivity index (χ3v) is 6.48. The van der Waals surface area contributed by atoms with E-state index in [1.54, 1.807) is 18.2 Å². The minimum atomic E-state index is -4.09. The van der Waals surface area contributed by atoms with E-state index in [0.717, 1.165) is 18.2 Å². The second-order valence-corrected chi connectivity index (χ2v) is 9.70. The van der Waals surface area contributed by atoms with Gasteiger partial charge in [-0.25, -0.2) is 17.9 Å². The zero-order chi connectivity index (χ0) is 28.3. The number of amides is 1. The van der Waals surface area contributed by atoms with E-state index in [9.17, 15) is 23.3 Å². The number of nitrogen functional groups attached to an aromatic ring is 1. The fourth-order valence-electron chi connectivity index (χ4n) is 3.68. The molecule has 1 amide bonds. The Morgan fingerprint density at radius 1 is 1.00 bits per heavy atom. The summed E-state index contributed by atoms with van der Waals surface area (Å²) < 4.78 is 44.6. The molecule has 0 saturated carbocycles. The predicted molar refractivity (Wildman–Crippen MR) is 142 cm³/mol. The third-order valence-electron chi connectivity index (χ3n) is 5.51. The lowest BCUT2D eigenvalue weighted by molar-refractivity contribution is -0.384. The number of nitrogens with two attached hydrogens (primary N) is 2. The highest BCUT2D eigenvalue weighted by Gasteiger charge is 2.21. The van der Waals surface area contributed by atoms with Crippen molar-refractivity contribution in [2.24, 2.45) is 10.9 Å². The Morgan fingerprint density at radius 3 is 2.41 bits per heavy atom. The Hall–Kier alpha value is -5.14. The van der Waals surface area contributed by atoms with E-state index in [4.69, 9.17) is 21.0 Å². The van der Waals surface area contributed by atoms with E-state index >= 15 is 4.39 Å². The van der Waals surface area contributed by atoms with Gasteiger partial charge in [-0.3, -0.25) is 20.3 Å². The molecule has 0 bridgehead atoms. The van der Waals surface area contributed by atoms with Crippen LogP contribution in [0.3, 0.4) is 0 Å².